The quantitative estimate of drug-likeness (QED) is 0.777. The number of amides is 1. The van der Waals surface area contributed by atoms with E-state index in [4.69, 9.17) is 5.26 Å². The number of anilines is 1. The Labute approximate surface area is 120 Å². The number of nitrogens with zero attached hydrogens (tertiary/aromatic N) is 4. The number of nitriles is 1. The summed E-state index contributed by atoms with van der Waals surface area (Å²) < 4.78 is 1.48. The number of hydrogen-bond acceptors (Lipinski definition) is 4. The van der Waals surface area contributed by atoms with Crippen molar-refractivity contribution in [2.24, 2.45) is 7.05 Å². The molecule has 21 heavy (non-hydrogen) atoms. The van der Waals surface area contributed by atoms with Crippen LogP contribution in [-0.4, -0.2) is 20.7 Å². The van der Waals surface area contributed by atoms with Crippen LogP contribution in [0, 0.1) is 11.3 Å². The van der Waals surface area contributed by atoms with Crippen molar-refractivity contribution in [3.8, 4) is 6.07 Å². The Morgan fingerprint density at radius 3 is 3.05 bits per heavy atom. The van der Waals surface area contributed by atoms with Crippen LogP contribution in [0.4, 0.5) is 5.82 Å². The zero-order chi connectivity index (χ0) is 14.8. The predicted octanol–water partition coefficient (Wildman–Crippen LogP) is 2.09. The van der Waals surface area contributed by atoms with E-state index in [1.165, 1.54) is 4.68 Å². The van der Waals surface area contributed by atoms with E-state index >= 15 is 0 Å². The number of fused-ring (bicyclic) bond motifs is 1. The molecule has 0 unspecified atom stereocenters. The highest BCUT2D eigenvalue weighted by Crippen LogP contribution is 2.16. The minimum atomic E-state index is -0.309. The van der Waals surface area contributed by atoms with Gasteiger partial charge in [-0.05, 0) is 24.3 Å². The second kappa shape index (κ2) is 5.06. The van der Waals surface area contributed by atoms with Crippen LogP contribution in [0.25, 0.3) is 10.9 Å². The molecule has 1 aromatic carbocycles. The van der Waals surface area contributed by atoms with Gasteiger partial charge in [-0.1, -0.05) is 6.07 Å². The Hall–Kier alpha value is -3.20. The number of pyridine rings is 1. The van der Waals surface area contributed by atoms with E-state index in [2.05, 4.69) is 15.4 Å². The Morgan fingerprint density at radius 1 is 1.38 bits per heavy atom. The van der Waals surface area contributed by atoms with Crippen molar-refractivity contribution in [3.05, 3.63) is 53.9 Å². The van der Waals surface area contributed by atoms with E-state index in [1.54, 1.807) is 37.6 Å². The second-order valence-electron chi connectivity index (χ2n) is 4.54. The molecule has 102 valence electrons. The maximum Gasteiger partial charge on any atom is 0.256 e. The largest absolute Gasteiger partial charge is 0.304 e. The maximum atomic E-state index is 12.2. The highest BCUT2D eigenvalue weighted by molar-refractivity contribution is 6.06. The fourth-order valence-corrected chi connectivity index (χ4v) is 2.06. The zero-order valence-electron chi connectivity index (χ0n) is 11.2. The molecular formula is C15H11N5O. The summed E-state index contributed by atoms with van der Waals surface area (Å²) in [6, 6.07) is 10.9. The lowest BCUT2D eigenvalue weighted by Crippen LogP contribution is -2.13. The molecule has 0 saturated heterocycles. The third-order valence-corrected chi connectivity index (χ3v) is 3.05. The highest BCUT2D eigenvalue weighted by atomic mass is 16.1. The van der Waals surface area contributed by atoms with Gasteiger partial charge in [0.25, 0.3) is 5.91 Å². The molecule has 6 heteroatoms. The van der Waals surface area contributed by atoms with Crippen molar-refractivity contribution < 1.29 is 4.79 Å². The topological polar surface area (TPSA) is 83.6 Å². The van der Waals surface area contributed by atoms with Crippen molar-refractivity contribution in [2.75, 3.05) is 5.32 Å². The molecule has 0 saturated carbocycles. The predicted molar refractivity (Wildman–Crippen MR) is 77.6 cm³/mol. The van der Waals surface area contributed by atoms with E-state index < -0.39 is 0 Å². The van der Waals surface area contributed by atoms with Crippen molar-refractivity contribution >= 4 is 22.6 Å². The van der Waals surface area contributed by atoms with Gasteiger partial charge in [0.2, 0.25) is 0 Å². The van der Waals surface area contributed by atoms with Gasteiger partial charge in [0.15, 0.2) is 5.82 Å². The van der Waals surface area contributed by atoms with Crippen molar-refractivity contribution in [2.45, 2.75) is 0 Å². The summed E-state index contributed by atoms with van der Waals surface area (Å²) in [5.41, 5.74) is 1.64. The molecule has 0 aliphatic heterocycles. The summed E-state index contributed by atoms with van der Waals surface area (Å²) in [5.74, 6) is -0.0489. The highest BCUT2D eigenvalue weighted by Gasteiger charge is 2.12. The Bertz CT molecular complexity index is 875. The van der Waals surface area contributed by atoms with Crippen LogP contribution < -0.4 is 5.32 Å². The molecule has 0 fully saturated rings. The number of rotatable bonds is 2. The summed E-state index contributed by atoms with van der Waals surface area (Å²) in [6.07, 6.45) is 3.26. The molecule has 0 atom stereocenters. The number of nitrogens with one attached hydrogen (secondary N) is 1. The van der Waals surface area contributed by atoms with Crippen LogP contribution in [0.5, 0.6) is 0 Å². The standard InChI is InChI=1S/C15H11N5O/c1-20-9-12(8-16)14(19-20)18-15(21)11-4-5-13-10(7-11)3-2-6-17-13/h2-7,9H,1H3,(H,18,19,21). The molecule has 0 aliphatic rings. The molecule has 2 aromatic heterocycles. The summed E-state index contributed by atoms with van der Waals surface area (Å²) in [7, 11) is 1.69. The Kier molecular flexibility index (Phi) is 3.09. The van der Waals surface area contributed by atoms with Crippen LogP contribution in [0.2, 0.25) is 0 Å². The van der Waals surface area contributed by atoms with E-state index in [0.29, 0.717) is 11.1 Å². The molecular weight excluding hydrogens is 266 g/mol. The molecule has 0 bridgehead atoms. The number of carbonyl (C=O) groups is 1. The first-order valence-electron chi connectivity index (χ1n) is 6.27. The number of hydrogen-bond donors (Lipinski definition) is 1. The van der Waals surface area contributed by atoms with Crippen molar-refractivity contribution in [3.63, 3.8) is 0 Å². The first-order chi connectivity index (χ1) is 10.2. The smallest absolute Gasteiger partial charge is 0.256 e. The normalized spacial score (nSPS) is 10.3. The second-order valence-corrected chi connectivity index (χ2v) is 4.54. The average molecular weight is 277 g/mol. The van der Waals surface area contributed by atoms with Crippen molar-refractivity contribution in [1.82, 2.24) is 14.8 Å². The molecule has 0 radical (unpaired) electrons. The van der Waals surface area contributed by atoms with E-state index in [-0.39, 0.29) is 11.7 Å². The summed E-state index contributed by atoms with van der Waals surface area (Å²) in [5, 5.41) is 16.6. The molecule has 2 heterocycles. The van der Waals surface area contributed by atoms with Gasteiger partial charge < -0.3 is 5.32 Å². The van der Waals surface area contributed by atoms with Gasteiger partial charge in [-0.25, -0.2) is 0 Å². The lowest BCUT2D eigenvalue weighted by atomic mass is 10.1. The average Bonchev–Trinajstić information content (AvgIpc) is 2.86. The van der Waals surface area contributed by atoms with Gasteiger partial charge in [-0.3, -0.25) is 14.5 Å². The van der Waals surface area contributed by atoms with Gasteiger partial charge in [-0.2, -0.15) is 10.4 Å². The van der Waals surface area contributed by atoms with Gasteiger partial charge in [0.1, 0.15) is 11.6 Å². The van der Waals surface area contributed by atoms with Crippen molar-refractivity contribution in [1.29, 1.82) is 5.26 Å². The first-order valence-corrected chi connectivity index (χ1v) is 6.27. The summed E-state index contributed by atoms with van der Waals surface area (Å²) in [4.78, 5) is 16.5. The van der Waals surface area contributed by atoms with E-state index in [9.17, 15) is 4.79 Å². The molecule has 6 nitrogen and oxygen atoms in total. The number of benzene rings is 1. The van der Waals surface area contributed by atoms with Gasteiger partial charge in [0.05, 0.1) is 5.52 Å². The molecule has 1 N–H and O–H groups in total. The number of aryl methyl sites for hydroxylation is 1. The monoisotopic (exact) mass is 277 g/mol. The van der Waals surface area contributed by atoms with E-state index in [0.717, 1.165) is 10.9 Å². The molecule has 0 spiro atoms. The van der Waals surface area contributed by atoms with Crippen LogP contribution in [0.15, 0.2) is 42.7 Å². The minimum absolute atomic E-state index is 0.260. The molecule has 3 aromatic rings. The first kappa shape index (κ1) is 12.8. The maximum absolute atomic E-state index is 12.2. The summed E-state index contributed by atoms with van der Waals surface area (Å²) >= 11 is 0. The molecule has 0 aliphatic carbocycles. The third-order valence-electron chi connectivity index (χ3n) is 3.05. The number of aromatic nitrogens is 3. The third kappa shape index (κ3) is 2.44. The van der Waals surface area contributed by atoms with Crippen LogP contribution in [0.3, 0.4) is 0 Å². The van der Waals surface area contributed by atoms with E-state index in [1.807, 2.05) is 18.2 Å². The van der Waals surface area contributed by atoms with Crippen LogP contribution in [0.1, 0.15) is 15.9 Å². The lowest BCUT2D eigenvalue weighted by molar-refractivity contribution is 0.102. The van der Waals surface area contributed by atoms with Gasteiger partial charge in [0, 0.05) is 30.4 Å². The molecule has 3 rings (SSSR count). The fraction of sp³-hybridized carbons (Fsp3) is 0.0667. The SMILES string of the molecule is Cn1cc(C#N)c(NC(=O)c2ccc3ncccc3c2)n1. The Balaban J connectivity index is 1.92. The van der Waals surface area contributed by atoms with Gasteiger partial charge in [-0.15, -0.1) is 0 Å². The minimum Gasteiger partial charge on any atom is -0.304 e. The lowest BCUT2D eigenvalue weighted by Gasteiger charge is -2.04. The van der Waals surface area contributed by atoms with Crippen LogP contribution in [-0.2, 0) is 7.05 Å². The fourth-order valence-electron chi connectivity index (χ4n) is 2.06. The Morgan fingerprint density at radius 2 is 2.24 bits per heavy atom. The zero-order valence-corrected chi connectivity index (χ0v) is 11.2. The number of carbonyl (C=O) groups excluding carboxylic acids is 1. The summed E-state index contributed by atoms with van der Waals surface area (Å²) in [6.45, 7) is 0. The van der Waals surface area contributed by atoms with Crippen LogP contribution >= 0.6 is 0 Å². The van der Waals surface area contributed by atoms with Gasteiger partial charge >= 0.3 is 0 Å². The molecule has 1 amide bonds.